The SMILES string of the molecule is CC1=CCCN(c2ccc(C(F)(F)F)c(C(=O)O)c2)C1. The van der Waals surface area contributed by atoms with Crippen LogP contribution in [0.3, 0.4) is 0 Å². The second kappa shape index (κ2) is 5.19. The zero-order valence-corrected chi connectivity index (χ0v) is 10.9. The van der Waals surface area contributed by atoms with Crippen molar-refractivity contribution in [2.24, 2.45) is 0 Å². The van der Waals surface area contributed by atoms with Crippen LogP contribution in [0, 0.1) is 0 Å². The lowest BCUT2D eigenvalue weighted by Gasteiger charge is -2.29. The average molecular weight is 285 g/mol. The standard InChI is InChI=1S/C14H14F3NO2/c1-9-3-2-6-18(8-9)10-4-5-12(14(15,16)17)11(7-10)13(19)20/h3-5,7H,2,6,8H2,1H3,(H,19,20). The normalized spacial score (nSPS) is 16.0. The number of carbonyl (C=O) groups is 1. The lowest BCUT2D eigenvalue weighted by Crippen LogP contribution is -2.29. The van der Waals surface area contributed by atoms with Crippen LogP contribution in [-0.4, -0.2) is 24.2 Å². The Labute approximate surface area is 114 Å². The molecule has 0 spiro atoms. The molecule has 1 aliphatic rings. The van der Waals surface area contributed by atoms with Gasteiger partial charge >= 0.3 is 12.1 Å². The van der Waals surface area contributed by atoms with Gasteiger partial charge in [-0.05, 0) is 31.5 Å². The van der Waals surface area contributed by atoms with Gasteiger partial charge in [-0.1, -0.05) is 11.6 Å². The molecule has 0 saturated heterocycles. The summed E-state index contributed by atoms with van der Waals surface area (Å²) in [6.45, 7) is 3.21. The molecule has 0 bridgehead atoms. The van der Waals surface area contributed by atoms with Crippen molar-refractivity contribution in [1.29, 1.82) is 0 Å². The molecule has 0 radical (unpaired) electrons. The Bertz CT molecular complexity index is 564. The van der Waals surface area contributed by atoms with E-state index in [-0.39, 0.29) is 0 Å². The summed E-state index contributed by atoms with van der Waals surface area (Å²) < 4.78 is 38.3. The highest BCUT2D eigenvalue weighted by molar-refractivity contribution is 5.91. The van der Waals surface area contributed by atoms with E-state index in [1.54, 1.807) is 0 Å². The number of anilines is 1. The Hall–Kier alpha value is -1.98. The number of hydrogen-bond donors (Lipinski definition) is 1. The highest BCUT2D eigenvalue weighted by Crippen LogP contribution is 2.34. The van der Waals surface area contributed by atoms with Crippen molar-refractivity contribution in [3.8, 4) is 0 Å². The summed E-state index contributed by atoms with van der Waals surface area (Å²) in [6.07, 6.45) is -1.79. The van der Waals surface area contributed by atoms with Gasteiger partial charge in [-0.25, -0.2) is 4.79 Å². The third kappa shape index (κ3) is 2.95. The van der Waals surface area contributed by atoms with E-state index in [0.717, 1.165) is 24.1 Å². The largest absolute Gasteiger partial charge is 0.478 e. The van der Waals surface area contributed by atoms with E-state index in [1.807, 2.05) is 11.8 Å². The van der Waals surface area contributed by atoms with Crippen LogP contribution >= 0.6 is 0 Å². The van der Waals surface area contributed by atoms with Crippen molar-refractivity contribution >= 4 is 11.7 Å². The number of alkyl halides is 3. The Balaban J connectivity index is 2.41. The molecule has 1 aliphatic heterocycles. The van der Waals surface area contributed by atoms with Gasteiger partial charge in [0.25, 0.3) is 0 Å². The van der Waals surface area contributed by atoms with Gasteiger partial charge in [0.1, 0.15) is 0 Å². The molecule has 108 valence electrons. The van der Waals surface area contributed by atoms with Gasteiger partial charge in [0, 0.05) is 18.8 Å². The van der Waals surface area contributed by atoms with Gasteiger partial charge in [0.2, 0.25) is 0 Å². The van der Waals surface area contributed by atoms with Crippen molar-refractivity contribution in [3.63, 3.8) is 0 Å². The van der Waals surface area contributed by atoms with Crippen LogP contribution < -0.4 is 4.90 Å². The summed E-state index contributed by atoms with van der Waals surface area (Å²) in [5.41, 5.74) is -0.198. The molecule has 1 aromatic carbocycles. The fraction of sp³-hybridized carbons (Fsp3) is 0.357. The number of halogens is 3. The predicted octanol–water partition coefficient (Wildman–Crippen LogP) is 3.56. The van der Waals surface area contributed by atoms with E-state index < -0.39 is 23.3 Å². The Morgan fingerprint density at radius 2 is 2.05 bits per heavy atom. The van der Waals surface area contributed by atoms with Crippen LogP contribution in [0.15, 0.2) is 29.8 Å². The van der Waals surface area contributed by atoms with E-state index in [0.29, 0.717) is 18.8 Å². The summed E-state index contributed by atoms with van der Waals surface area (Å²) >= 11 is 0. The molecule has 0 aliphatic carbocycles. The van der Waals surface area contributed by atoms with Crippen LogP contribution in [0.5, 0.6) is 0 Å². The molecule has 1 aromatic rings. The number of aromatic carboxylic acids is 1. The number of benzene rings is 1. The molecule has 0 saturated carbocycles. The molecule has 0 unspecified atom stereocenters. The molecule has 0 atom stereocenters. The monoisotopic (exact) mass is 285 g/mol. The molecular formula is C14H14F3NO2. The van der Waals surface area contributed by atoms with Gasteiger partial charge in [-0.2, -0.15) is 13.2 Å². The van der Waals surface area contributed by atoms with E-state index in [4.69, 9.17) is 5.11 Å². The number of carboxylic acids is 1. The number of hydrogen-bond acceptors (Lipinski definition) is 2. The second-order valence-electron chi connectivity index (χ2n) is 4.79. The highest BCUT2D eigenvalue weighted by Gasteiger charge is 2.35. The number of carboxylic acid groups (broad SMARTS) is 1. The first-order chi connectivity index (χ1) is 9.29. The zero-order chi connectivity index (χ0) is 14.9. The van der Waals surface area contributed by atoms with Crippen LogP contribution in [0.1, 0.15) is 29.3 Å². The fourth-order valence-electron chi connectivity index (χ4n) is 2.28. The minimum absolute atomic E-state index is 0.503. The van der Waals surface area contributed by atoms with Gasteiger partial charge in [0.05, 0.1) is 11.1 Å². The van der Waals surface area contributed by atoms with Gasteiger partial charge in [0.15, 0.2) is 0 Å². The maximum Gasteiger partial charge on any atom is 0.417 e. The minimum Gasteiger partial charge on any atom is -0.478 e. The number of nitrogens with zero attached hydrogens (tertiary/aromatic N) is 1. The lowest BCUT2D eigenvalue weighted by atomic mass is 10.0. The van der Waals surface area contributed by atoms with Gasteiger partial charge < -0.3 is 10.0 Å². The van der Waals surface area contributed by atoms with Crippen molar-refractivity contribution < 1.29 is 23.1 Å². The van der Waals surface area contributed by atoms with Crippen molar-refractivity contribution in [2.45, 2.75) is 19.5 Å². The molecule has 1 N–H and O–H groups in total. The topological polar surface area (TPSA) is 40.5 Å². The molecule has 3 nitrogen and oxygen atoms in total. The van der Waals surface area contributed by atoms with Crippen LogP contribution in [-0.2, 0) is 6.18 Å². The van der Waals surface area contributed by atoms with E-state index in [1.165, 1.54) is 6.07 Å². The molecular weight excluding hydrogens is 271 g/mol. The molecule has 0 amide bonds. The van der Waals surface area contributed by atoms with Crippen LogP contribution in [0.4, 0.5) is 18.9 Å². The fourth-order valence-corrected chi connectivity index (χ4v) is 2.28. The average Bonchev–Trinajstić information content (AvgIpc) is 2.37. The van der Waals surface area contributed by atoms with E-state index in [9.17, 15) is 18.0 Å². The first-order valence-electron chi connectivity index (χ1n) is 6.14. The number of rotatable bonds is 2. The smallest absolute Gasteiger partial charge is 0.417 e. The maximum atomic E-state index is 12.8. The molecule has 20 heavy (non-hydrogen) atoms. The van der Waals surface area contributed by atoms with Crippen molar-refractivity contribution in [1.82, 2.24) is 0 Å². The maximum absolute atomic E-state index is 12.8. The van der Waals surface area contributed by atoms with Crippen molar-refractivity contribution in [2.75, 3.05) is 18.0 Å². The second-order valence-corrected chi connectivity index (χ2v) is 4.79. The predicted molar refractivity (Wildman–Crippen MR) is 69.0 cm³/mol. The third-order valence-electron chi connectivity index (χ3n) is 3.24. The zero-order valence-electron chi connectivity index (χ0n) is 10.9. The Morgan fingerprint density at radius 3 is 2.60 bits per heavy atom. The summed E-state index contributed by atoms with van der Waals surface area (Å²) in [4.78, 5) is 12.9. The van der Waals surface area contributed by atoms with E-state index >= 15 is 0 Å². The van der Waals surface area contributed by atoms with Crippen LogP contribution in [0.2, 0.25) is 0 Å². The highest BCUT2D eigenvalue weighted by atomic mass is 19.4. The van der Waals surface area contributed by atoms with Gasteiger partial charge in [-0.15, -0.1) is 0 Å². The first kappa shape index (κ1) is 14.4. The molecule has 0 fully saturated rings. The summed E-state index contributed by atoms with van der Waals surface area (Å²) in [5.74, 6) is -1.57. The lowest BCUT2D eigenvalue weighted by molar-refractivity contribution is -0.138. The Morgan fingerprint density at radius 1 is 1.35 bits per heavy atom. The first-order valence-corrected chi connectivity index (χ1v) is 6.14. The van der Waals surface area contributed by atoms with E-state index in [2.05, 4.69) is 6.08 Å². The summed E-state index contributed by atoms with van der Waals surface area (Å²) in [5, 5.41) is 8.97. The quantitative estimate of drug-likeness (QED) is 0.845. The third-order valence-corrected chi connectivity index (χ3v) is 3.24. The molecule has 0 aromatic heterocycles. The van der Waals surface area contributed by atoms with Gasteiger partial charge in [-0.3, -0.25) is 0 Å². The molecule has 2 rings (SSSR count). The Kier molecular flexibility index (Phi) is 3.74. The summed E-state index contributed by atoms with van der Waals surface area (Å²) in [6, 6.07) is 3.27. The molecule has 6 heteroatoms. The van der Waals surface area contributed by atoms with Crippen LogP contribution in [0.25, 0.3) is 0 Å². The summed E-state index contributed by atoms with van der Waals surface area (Å²) in [7, 11) is 0. The molecule has 1 heterocycles. The van der Waals surface area contributed by atoms with Crippen molar-refractivity contribution in [3.05, 3.63) is 41.0 Å². The minimum atomic E-state index is -4.66.